The van der Waals surface area contributed by atoms with Gasteiger partial charge in [-0.1, -0.05) is 12.1 Å². The molecule has 130 valence electrons. The fraction of sp³-hybridized carbons (Fsp3) is 0.235. The molecular weight excluding hydrogens is 339 g/mol. The summed E-state index contributed by atoms with van der Waals surface area (Å²) in [7, 11) is 0. The number of carbonyl (C=O) groups excluding carboxylic acids is 1. The summed E-state index contributed by atoms with van der Waals surface area (Å²) in [5.41, 5.74) is -0.740. The van der Waals surface area contributed by atoms with Gasteiger partial charge in [-0.15, -0.1) is 13.2 Å². The topological polar surface area (TPSA) is 67.8 Å². The van der Waals surface area contributed by atoms with Crippen molar-refractivity contribution in [1.82, 2.24) is 0 Å². The van der Waals surface area contributed by atoms with E-state index < -0.39 is 23.6 Å². The summed E-state index contributed by atoms with van der Waals surface area (Å²) in [6, 6.07) is 8.18. The van der Waals surface area contributed by atoms with E-state index in [4.69, 9.17) is 4.74 Å². The molecule has 0 radical (unpaired) electrons. The molecular formula is C17H12F3NO4. The normalized spacial score (nSPS) is 21.4. The summed E-state index contributed by atoms with van der Waals surface area (Å²) >= 11 is 0. The van der Waals surface area contributed by atoms with Crippen molar-refractivity contribution in [1.29, 1.82) is 0 Å². The summed E-state index contributed by atoms with van der Waals surface area (Å²) < 4.78 is 46.7. The van der Waals surface area contributed by atoms with Crippen LogP contribution in [-0.2, 0) is 16.8 Å². The highest BCUT2D eigenvalue weighted by atomic mass is 19.4. The minimum absolute atomic E-state index is 0.00260. The Bertz CT molecular complexity index is 881. The molecule has 2 N–H and O–H groups in total. The predicted octanol–water partition coefficient (Wildman–Crippen LogP) is 2.71. The van der Waals surface area contributed by atoms with Gasteiger partial charge in [0.1, 0.15) is 11.5 Å². The van der Waals surface area contributed by atoms with Crippen LogP contribution in [0.3, 0.4) is 0 Å². The van der Waals surface area contributed by atoms with E-state index in [1.165, 1.54) is 12.1 Å². The Morgan fingerprint density at radius 3 is 2.76 bits per heavy atom. The van der Waals surface area contributed by atoms with Crippen LogP contribution in [0.2, 0.25) is 0 Å². The molecule has 1 atom stereocenters. The molecule has 2 aromatic rings. The lowest BCUT2D eigenvalue weighted by Gasteiger charge is -2.22. The van der Waals surface area contributed by atoms with E-state index in [2.05, 4.69) is 10.1 Å². The smallest absolute Gasteiger partial charge is 0.493 e. The average Bonchev–Trinajstić information content (AvgIpc) is 3.10. The fourth-order valence-corrected chi connectivity index (χ4v) is 3.14. The van der Waals surface area contributed by atoms with Gasteiger partial charge in [-0.2, -0.15) is 0 Å². The molecule has 0 saturated carbocycles. The number of anilines is 1. The molecule has 2 heterocycles. The van der Waals surface area contributed by atoms with E-state index in [0.29, 0.717) is 12.4 Å². The van der Waals surface area contributed by atoms with Crippen molar-refractivity contribution in [2.24, 2.45) is 0 Å². The summed E-state index contributed by atoms with van der Waals surface area (Å²) in [5, 5.41) is 13.5. The van der Waals surface area contributed by atoms with Crippen LogP contribution in [0, 0.1) is 0 Å². The van der Waals surface area contributed by atoms with Gasteiger partial charge >= 0.3 is 6.36 Å². The zero-order valence-electron chi connectivity index (χ0n) is 12.7. The van der Waals surface area contributed by atoms with Crippen LogP contribution < -0.4 is 14.8 Å². The number of rotatable bonds is 2. The van der Waals surface area contributed by atoms with Crippen molar-refractivity contribution in [3.8, 4) is 11.5 Å². The third-order valence-corrected chi connectivity index (χ3v) is 4.31. The Morgan fingerprint density at radius 1 is 1.20 bits per heavy atom. The standard InChI is InChI=1S/C17H12F3NO4/c18-17(19,20)25-11-3-4-13-12(8-11)16(23,15(22)21-13)10-2-1-9-5-6-24-14(9)7-10/h1-4,7-8,23H,5-6H2,(H,21,22). The summed E-state index contributed by atoms with van der Waals surface area (Å²) in [5.74, 6) is -0.710. The largest absolute Gasteiger partial charge is 0.573 e. The lowest BCUT2D eigenvalue weighted by atomic mass is 9.86. The van der Waals surface area contributed by atoms with E-state index in [-0.39, 0.29) is 16.8 Å². The maximum absolute atomic E-state index is 12.5. The number of alkyl halides is 3. The molecule has 2 aromatic carbocycles. The molecule has 2 aliphatic rings. The lowest BCUT2D eigenvalue weighted by molar-refractivity contribution is -0.274. The average molecular weight is 351 g/mol. The van der Waals surface area contributed by atoms with Crippen LogP contribution in [0.15, 0.2) is 36.4 Å². The van der Waals surface area contributed by atoms with Crippen LogP contribution in [0.4, 0.5) is 18.9 Å². The zero-order valence-corrected chi connectivity index (χ0v) is 12.7. The van der Waals surface area contributed by atoms with Gasteiger partial charge in [0.25, 0.3) is 5.91 Å². The molecule has 0 saturated heterocycles. The van der Waals surface area contributed by atoms with Gasteiger partial charge in [0.2, 0.25) is 0 Å². The second-order valence-electron chi connectivity index (χ2n) is 5.84. The number of carbonyl (C=O) groups is 1. The van der Waals surface area contributed by atoms with E-state index in [1.807, 2.05) is 0 Å². The minimum atomic E-state index is -4.87. The summed E-state index contributed by atoms with van der Waals surface area (Å²) in [6.07, 6.45) is -4.15. The first-order chi connectivity index (χ1) is 11.8. The van der Waals surface area contributed by atoms with Crippen LogP contribution >= 0.6 is 0 Å². The van der Waals surface area contributed by atoms with Gasteiger partial charge in [-0.3, -0.25) is 4.79 Å². The lowest BCUT2D eigenvalue weighted by Crippen LogP contribution is -2.35. The summed E-state index contributed by atoms with van der Waals surface area (Å²) in [4.78, 5) is 12.4. The molecule has 0 fully saturated rings. The SMILES string of the molecule is O=C1Nc2ccc(OC(F)(F)F)cc2C1(O)c1ccc2c(c1)OCC2. The van der Waals surface area contributed by atoms with E-state index in [9.17, 15) is 23.1 Å². The number of amides is 1. The van der Waals surface area contributed by atoms with Crippen molar-refractivity contribution < 1.29 is 32.5 Å². The van der Waals surface area contributed by atoms with E-state index in [1.54, 1.807) is 12.1 Å². The molecule has 0 bridgehead atoms. The van der Waals surface area contributed by atoms with Crippen molar-refractivity contribution in [3.63, 3.8) is 0 Å². The van der Waals surface area contributed by atoms with Crippen LogP contribution in [-0.4, -0.2) is 24.0 Å². The Balaban J connectivity index is 1.81. The van der Waals surface area contributed by atoms with Crippen molar-refractivity contribution in [2.75, 3.05) is 11.9 Å². The number of ether oxygens (including phenoxy) is 2. The number of benzene rings is 2. The van der Waals surface area contributed by atoms with Crippen LogP contribution in [0.5, 0.6) is 11.5 Å². The van der Waals surface area contributed by atoms with E-state index in [0.717, 1.165) is 24.1 Å². The quantitative estimate of drug-likeness (QED) is 0.873. The van der Waals surface area contributed by atoms with Gasteiger partial charge < -0.3 is 19.9 Å². The molecule has 0 spiro atoms. The number of nitrogens with one attached hydrogen (secondary N) is 1. The molecule has 1 amide bonds. The highest BCUT2D eigenvalue weighted by Gasteiger charge is 2.48. The molecule has 0 aromatic heterocycles. The first kappa shape index (κ1) is 15.8. The number of aliphatic hydroxyl groups is 1. The molecule has 0 aliphatic carbocycles. The van der Waals surface area contributed by atoms with Crippen LogP contribution in [0.1, 0.15) is 16.7 Å². The number of hydrogen-bond acceptors (Lipinski definition) is 4. The second-order valence-corrected chi connectivity index (χ2v) is 5.84. The maximum Gasteiger partial charge on any atom is 0.573 e. The van der Waals surface area contributed by atoms with E-state index >= 15 is 0 Å². The summed E-state index contributed by atoms with van der Waals surface area (Å²) in [6.45, 7) is 0.504. The Kier molecular flexibility index (Phi) is 3.23. The first-order valence-electron chi connectivity index (χ1n) is 7.48. The third kappa shape index (κ3) is 2.49. The van der Waals surface area contributed by atoms with Gasteiger partial charge in [-0.05, 0) is 29.8 Å². The fourth-order valence-electron chi connectivity index (χ4n) is 3.14. The number of halogens is 3. The predicted molar refractivity (Wildman–Crippen MR) is 80.4 cm³/mol. The molecule has 8 heteroatoms. The minimum Gasteiger partial charge on any atom is -0.493 e. The Morgan fingerprint density at radius 2 is 2.00 bits per heavy atom. The molecule has 1 unspecified atom stereocenters. The maximum atomic E-state index is 12.5. The molecule has 5 nitrogen and oxygen atoms in total. The highest BCUT2D eigenvalue weighted by molar-refractivity contribution is 6.07. The highest BCUT2D eigenvalue weighted by Crippen LogP contribution is 2.44. The van der Waals surface area contributed by atoms with Crippen molar-refractivity contribution >= 4 is 11.6 Å². The van der Waals surface area contributed by atoms with Crippen molar-refractivity contribution in [3.05, 3.63) is 53.1 Å². The molecule has 2 aliphatic heterocycles. The van der Waals surface area contributed by atoms with Crippen LogP contribution in [0.25, 0.3) is 0 Å². The Labute approximate surface area is 140 Å². The molecule has 25 heavy (non-hydrogen) atoms. The van der Waals surface area contributed by atoms with Gasteiger partial charge in [0.05, 0.1) is 6.61 Å². The Hall–Kier alpha value is -2.74. The second kappa shape index (κ2) is 5.13. The first-order valence-corrected chi connectivity index (χ1v) is 7.48. The number of hydrogen-bond donors (Lipinski definition) is 2. The monoisotopic (exact) mass is 351 g/mol. The van der Waals surface area contributed by atoms with Gasteiger partial charge in [0.15, 0.2) is 5.60 Å². The van der Waals surface area contributed by atoms with Gasteiger partial charge in [-0.25, -0.2) is 0 Å². The van der Waals surface area contributed by atoms with Crippen molar-refractivity contribution in [2.45, 2.75) is 18.4 Å². The number of fused-ring (bicyclic) bond motifs is 2. The third-order valence-electron chi connectivity index (χ3n) is 4.31. The zero-order chi connectivity index (χ0) is 17.8. The van der Waals surface area contributed by atoms with Gasteiger partial charge in [0, 0.05) is 23.2 Å². The molecule has 4 rings (SSSR count).